The molecule has 0 spiro atoms. The van der Waals surface area contributed by atoms with Crippen LogP contribution in [0.3, 0.4) is 0 Å². The van der Waals surface area contributed by atoms with Crippen LogP contribution in [-0.4, -0.2) is 58.4 Å². The van der Waals surface area contributed by atoms with Crippen molar-refractivity contribution >= 4 is 10.0 Å². The fourth-order valence-electron chi connectivity index (χ4n) is 1.67. The van der Waals surface area contributed by atoms with E-state index in [1.807, 2.05) is 0 Å². The quantitative estimate of drug-likeness (QED) is 0.674. The van der Waals surface area contributed by atoms with Crippen molar-refractivity contribution in [1.82, 2.24) is 9.62 Å². The second-order valence-corrected chi connectivity index (χ2v) is 6.93. The number of methoxy groups -OCH3 is 2. The van der Waals surface area contributed by atoms with Crippen LogP contribution in [0.4, 0.5) is 0 Å². The Hall–Kier alpha value is -1.51. The van der Waals surface area contributed by atoms with Crippen molar-refractivity contribution in [2.24, 2.45) is 0 Å². The SMILES string of the molecule is COc1cc(CNCCS(=O)(=O)N(C)C)cc(OC)c1O. The van der Waals surface area contributed by atoms with Gasteiger partial charge in [0.2, 0.25) is 15.8 Å². The molecule has 0 aromatic heterocycles. The number of nitrogens with one attached hydrogen (secondary N) is 1. The summed E-state index contributed by atoms with van der Waals surface area (Å²) in [5.74, 6) is 0.588. The maximum atomic E-state index is 11.6. The number of phenols is 1. The summed E-state index contributed by atoms with van der Waals surface area (Å²) in [5, 5.41) is 12.8. The molecule has 120 valence electrons. The van der Waals surface area contributed by atoms with Crippen molar-refractivity contribution in [3.63, 3.8) is 0 Å². The Kier molecular flexibility index (Phi) is 6.25. The predicted octanol–water partition coefficient (Wildman–Crippen LogP) is 0.390. The second-order valence-electron chi connectivity index (χ2n) is 4.62. The Morgan fingerprint density at radius 1 is 1.19 bits per heavy atom. The highest BCUT2D eigenvalue weighted by Crippen LogP contribution is 2.36. The lowest BCUT2D eigenvalue weighted by atomic mass is 10.2. The molecule has 0 aliphatic heterocycles. The first kappa shape index (κ1) is 17.5. The maximum Gasteiger partial charge on any atom is 0.214 e. The number of hydrogen-bond acceptors (Lipinski definition) is 6. The molecule has 2 N–H and O–H groups in total. The number of nitrogens with zero attached hydrogens (tertiary/aromatic N) is 1. The number of phenolic OH excluding ortho intramolecular Hbond substituents is 1. The predicted molar refractivity (Wildman–Crippen MR) is 80.4 cm³/mol. The van der Waals surface area contributed by atoms with Crippen LogP contribution in [0.2, 0.25) is 0 Å². The van der Waals surface area contributed by atoms with E-state index in [9.17, 15) is 13.5 Å². The molecule has 0 radical (unpaired) electrons. The highest BCUT2D eigenvalue weighted by atomic mass is 32.2. The van der Waals surface area contributed by atoms with Gasteiger partial charge in [-0.25, -0.2) is 12.7 Å². The molecule has 0 fully saturated rings. The molecule has 0 bridgehead atoms. The Bertz CT molecular complexity index is 547. The van der Waals surface area contributed by atoms with Gasteiger partial charge in [-0.15, -0.1) is 0 Å². The van der Waals surface area contributed by atoms with E-state index in [4.69, 9.17) is 9.47 Å². The van der Waals surface area contributed by atoms with Crippen molar-refractivity contribution in [2.75, 3.05) is 40.6 Å². The molecule has 21 heavy (non-hydrogen) atoms. The van der Waals surface area contributed by atoms with Gasteiger partial charge in [-0.2, -0.15) is 0 Å². The van der Waals surface area contributed by atoms with Crippen LogP contribution in [0.15, 0.2) is 12.1 Å². The maximum absolute atomic E-state index is 11.6. The normalized spacial score (nSPS) is 11.7. The summed E-state index contributed by atoms with van der Waals surface area (Å²) >= 11 is 0. The van der Waals surface area contributed by atoms with Crippen molar-refractivity contribution in [3.8, 4) is 17.2 Å². The zero-order chi connectivity index (χ0) is 16.0. The molecule has 0 unspecified atom stereocenters. The molecule has 0 amide bonds. The highest BCUT2D eigenvalue weighted by Gasteiger charge is 2.13. The first-order valence-electron chi connectivity index (χ1n) is 6.36. The summed E-state index contributed by atoms with van der Waals surface area (Å²) in [5.41, 5.74) is 0.823. The summed E-state index contributed by atoms with van der Waals surface area (Å²) in [7, 11) is 2.71. The number of ether oxygens (including phenoxy) is 2. The third-order valence-corrected chi connectivity index (χ3v) is 4.79. The van der Waals surface area contributed by atoms with E-state index >= 15 is 0 Å². The summed E-state index contributed by atoms with van der Waals surface area (Å²) in [6.45, 7) is 0.766. The fraction of sp³-hybridized carbons (Fsp3) is 0.538. The molecule has 0 saturated carbocycles. The highest BCUT2D eigenvalue weighted by molar-refractivity contribution is 7.89. The van der Waals surface area contributed by atoms with Crippen LogP contribution in [0.1, 0.15) is 5.56 Å². The van der Waals surface area contributed by atoms with Gasteiger partial charge in [0.1, 0.15) is 0 Å². The van der Waals surface area contributed by atoms with Crippen LogP contribution in [0.5, 0.6) is 17.2 Å². The summed E-state index contributed by atoms with van der Waals surface area (Å²) in [4.78, 5) is 0. The van der Waals surface area contributed by atoms with Gasteiger partial charge in [0.15, 0.2) is 11.5 Å². The van der Waals surface area contributed by atoms with Crippen LogP contribution >= 0.6 is 0 Å². The van der Waals surface area contributed by atoms with Gasteiger partial charge in [0.05, 0.1) is 20.0 Å². The smallest absolute Gasteiger partial charge is 0.214 e. The lowest BCUT2D eigenvalue weighted by Crippen LogP contribution is -2.31. The number of hydrogen-bond donors (Lipinski definition) is 2. The minimum atomic E-state index is -3.20. The van der Waals surface area contributed by atoms with Gasteiger partial charge in [-0.05, 0) is 17.7 Å². The zero-order valence-corrected chi connectivity index (χ0v) is 13.5. The largest absolute Gasteiger partial charge is 0.502 e. The molecule has 0 atom stereocenters. The Morgan fingerprint density at radius 2 is 1.71 bits per heavy atom. The molecule has 7 nitrogen and oxygen atoms in total. The van der Waals surface area contributed by atoms with Crippen LogP contribution in [0, 0.1) is 0 Å². The molecule has 0 saturated heterocycles. The van der Waals surface area contributed by atoms with Gasteiger partial charge in [0.25, 0.3) is 0 Å². The summed E-state index contributed by atoms with van der Waals surface area (Å²) < 4.78 is 34.5. The lowest BCUT2D eigenvalue weighted by molar-refractivity contribution is 0.339. The van der Waals surface area contributed by atoms with E-state index in [-0.39, 0.29) is 11.5 Å². The van der Waals surface area contributed by atoms with Gasteiger partial charge in [-0.1, -0.05) is 0 Å². The molecular weight excluding hydrogens is 296 g/mol. The van der Waals surface area contributed by atoms with Gasteiger partial charge >= 0.3 is 0 Å². The third kappa shape index (κ3) is 4.76. The fourth-order valence-corrected chi connectivity index (χ4v) is 2.43. The summed E-state index contributed by atoms with van der Waals surface area (Å²) in [6, 6.07) is 3.34. The standard InChI is InChI=1S/C13H22N2O5S/c1-15(2)21(17,18)6-5-14-9-10-7-11(19-3)13(16)12(8-10)20-4/h7-8,14,16H,5-6,9H2,1-4H3. The minimum Gasteiger partial charge on any atom is -0.502 e. The minimum absolute atomic E-state index is 0.0202. The average molecular weight is 318 g/mol. The number of sulfonamides is 1. The van der Waals surface area contributed by atoms with Crippen LogP contribution in [-0.2, 0) is 16.6 Å². The Labute approximate surface area is 125 Å². The molecular formula is C13H22N2O5S. The average Bonchev–Trinajstić information content (AvgIpc) is 2.44. The third-order valence-electron chi connectivity index (χ3n) is 2.96. The molecule has 0 aliphatic carbocycles. The molecule has 1 rings (SSSR count). The van der Waals surface area contributed by atoms with E-state index in [1.54, 1.807) is 12.1 Å². The topological polar surface area (TPSA) is 88.1 Å². The zero-order valence-electron chi connectivity index (χ0n) is 12.7. The second kappa shape index (κ2) is 7.48. The van der Waals surface area contributed by atoms with Crippen molar-refractivity contribution in [3.05, 3.63) is 17.7 Å². The van der Waals surface area contributed by atoms with Gasteiger partial charge < -0.3 is 19.9 Å². The number of aromatic hydroxyl groups is 1. The van der Waals surface area contributed by atoms with E-state index < -0.39 is 10.0 Å². The van der Waals surface area contributed by atoms with Crippen molar-refractivity contribution in [2.45, 2.75) is 6.54 Å². The van der Waals surface area contributed by atoms with E-state index in [1.165, 1.54) is 32.6 Å². The van der Waals surface area contributed by atoms with Crippen LogP contribution in [0.25, 0.3) is 0 Å². The molecule has 8 heteroatoms. The summed E-state index contributed by atoms with van der Waals surface area (Å²) in [6.07, 6.45) is 0. The Morgan fingerprint density at radius 3 is 2.14 bits per heavy atom. The Balaban J connectivity index is 2.64. The molecule has 0 aliphatic rings. The monoisotopic (exact) mass is 318 g/mol. The van der Waals surface area contributed by atoms with Crippen LogP contribution < -0.4 is 14.8 Å². The molecule has 0 heterocycles. The van der Waals surface area contributed by atoms with Gasteiger partial charge in [0, 0.05) is 27.2 Å². The van der Waals surface area contributed by atoms with Gasteiger partial charge in [-0.3, -0.25) is 0 Å². The first-order chi connectivity index (χ1) is 9.81. The van der Waals surface area contributed by atoms with E-state index in [2.05, 4.69) is 5.32 Å². The van der Waals surface area contributed by atoms with E-state index in [0.29, 0.717) is 24.6 Å². The first-order valence-corrected chi connectivity index (χ1v) is 7.97. The number of rotatable bonds is 8. The lowest BCUT2D eigenvalue weighted by Gasteiger charge is -2.13. The molecule has 1 aromatic rings. The van der Waals surface area contributed by atoms with E-state index in [0.717, 1.165) is 5.56 Å². The van der Waals surface area contributed by atoms with Crippen molar-refractivity contribution < 1.29 is 23.0 Å². The number of benzene rings is 1. The van der Waals surface area contributed by atoms with Crippen molar-refractivity contribution in [1.29, 1.82) is 0 Å². The molecule has 1 aromatic carbocycles.